The number of unbranched alkanes of at least 4 members (excludes halogenated alkanes) is 15. The first-order valence-corrected chi connectivity index (χ1v) is 24.0. The lowest BCUT2D eigenvalue weighted by molar-refractivity contribution is -0.220. The average Bonchev–Trinajstić information content (AvgIpc) is 3.22. The third kappa shape index (κ3) is 27.7. The number of aliphatic hydroxyl groups is 6. The van der Waals surface area contributed by atoms with E-state index in [0.717, 1.165) is 44.9 Å². The van der Waals surface area contributed by atoms with Crippen molar-refractivity contribution >= 4 is 19.8 Å². The van der Waals surface area contributed by atoms with Crippen LogP contribution in [0.3, 0.4) is 0 Å². The van der Waals surface area contributed by atoms with Gasteiger partial charge in [-0.1, -0.05) is 152 Å². The SMILES string of the molecule is CCCCC/C=C\C/C=C\C/C=C\C=C\[C@@H](O)CCCC(=O)OC[C@H](COP(=O)(O)OC1[C@H](O)[C@H](O)C(O)[C@H](O)[C@H]1O)OC(=O)CCCCCCCCCCCCCCC. The molecule has 0 amide bonds. The zero-order valence-electron chi connectivity index (χ0n) is 36.4. The normalized spacial score (nSPS) is 23.1. The lowest BCUT2D eigenvalue weighted by Crippen LogP contribution is -2.64. The van der Waals surface area contributed by atoms with Crippen LogP contribution in [0.4, 0.5) is 0 Å². The van der Waals surface area contributed by atoms with Crippen LogP contribution in [0, 0.1) is 0 Å². The maximum absolute atomic E-state index is 12.8. The minimum absolute atomic E-state index is 0.0577. The van der Waals surface area contributed by atoms with Crippen molar-refractivity contribution in [2.24, 2.45) is 0 Å². The van der Waals surface area contributed by atoms with Gasteiger partial charge in [-0.3, -0.25) is 18.6 Å². The van der Waals surface area contributed by atoms with Crippen molar-refractivity contribution in [2.45, 2.75) is 210 Å². The van der Waals surface area contributed by atoms with Crippen LogP contribution >= 0.6 is 7.82 Å². The molecule has 348 valence electrons. The first-order chi connectivity index (χ1) is 28.8. The second-order valence-corrected chi connectivity index (χ2v) is 17.2. The summed E-state index contributed by atoms with van der Waals surface area (Å²) in [4.78, 5) is 35.6. The number of phosphoric ester groups is 1. The maximum Gasteiger partial charge on any atom is 0.472 e. The van der Waals surface area contributed by atoms with Crippen LogP contribution in [0.15, 0.2) is 48.6 Å². The van der Waals surface area contributed by atoms with Gasteiger partial charge in [0.1, 0.15) is 43.2 Å². The van der Waals surface area contributed by atoms with E-state index in [4.69, 9.17) is 18.5 Å². The molecule has 1 fully saturated rings. The Kier molecular flexibility index (Phi) is 32.8. The quantitative estimate of drug-likeness (QED) is 0.0107. The van der Waals surface area contributed by atoms with Gasteiger partial charge in [0.25, 0.3) is 0 Å². The van der Waals surface area contributed by atoms with Gasteiger partial charge < -0.3 is 45.0 Å². The van der Waals surface area contributed by atoms with Crippen molar-refractivity contribution in [3.8, 4) is 0 Å². The van der Waals surface area contributed by atoms with Crippen LogP contribution < -0.4 is 0 Å². The van der Waals surface area contributed by atoms with Crippen molar-refractivity contribution in [1.82, 2.24) is 0 Å². The Morgan fingerprint density at radius 2 is 1.10 bits per heavy atom. The van der Waals surface area contributed by atoms with Gasteiger partial charge in [-0.05, 0) is 44.9 Å². The number of esters is 2. The van der Waals surface area contributed by atoms with E-state index in [9.17, 15) is 49.7 Å². The molecular weight excluding hydrogens is 795 g/mol. The Bertz CT molecular complexity index is 1260. The number of hydrogen-bond acceptors (Lipinski definition) is 13. The molecule has 0 aromatic carbocycles. The Labute approximate surface area is 359 Å². The highest BCUT2D eigenvalue weighted by molar-refractivity contribution is 7.47. The number of aliphatic hydroxyl groups excluding tert-OH is 6. The van der Waals surface area contributed by atoms with Crippen LogP contribution in [0.25, 0.3) is 0 Å². The predicted molar refractivity (Wildman–Crippen MR) is 232 cm³/mol. The van der Waals surface area contributed by atoms with E-state index in [2.05, 4.69) is 38.2 Å². The largest absolute Gasteiger partial charge is 0.472 e. The number of carbonyl (C=O) groups excluding carboxylic acids is 2. The molecule has 0 aliphatic heterocycles. The minimum atomic E-state index is -5.16. The molecule has 0 saturated heterocycles. The number of allylic oxidation sites excluding steroid dienone is 7. The Morgan fingerprint density at radius 1 is 0.600 bits per heavy atom. The summed E-state index contributed by atoms with van der Waals surface area (Å²) < 4.78 is 33.3. The molecule has 0 spiro atoms. The number of phosphoric acid groups is 1. The van der Waals surface area contributed by atoms with Crippen LogP contribution in [-0.2, 0) is 32.7 Å². The maximum atomic E-state index is 12.8. The van der Waals surface area contributed by atoms with Crippen LogP contribution in [0.5, 0.6) is 0 Å². The van der Waals surface area contributed by atoms with Gasteiger partial charge in [0.2, 0.25) is 0 Å². The number of ether oxygens (including phenoxy) is 2. The third-order valence-corrected chi connectivity index (χ3v) is 11.3. The van der Waals surface area contributed by atoms with Gasteiger partial charge in [-0.15, -0.1) is 0 Å². The Hall–Kier alpha value is -2.23. The van der Waals surface area contributed by atoms with E-state index < -0.39 is 81.8 Å². The van der Waals surface area contributed by atoms with Crippen molar-refractivity contribution in [3.05, 3.63) is 48.6 Å². The van der Waals surface area contributed by atoms with Crippen molar-refractivity contribution in [1.29, 1.82) is 0 Å². The van der Waals surface area contributed by atoms with Crippen molar-refractivity contribution < 1.29 is 68.2 Å². The molecule has 1 aliphatic carbocycles. The molecule has 1 aliphatic rings. The molecule has 60 heavy (non-hydrogen) atoms. The van der Waals surface area contributed by atoms with E-state index in [1.54, 1.807) is 12.2 Å². The fraction of sp³-hybridized carbons (Fsp3) is 0.778. The summed E-state index contributed by atoms with van der Waals surface area (Å²) in [7, 11) is -5.16. The number of hydrogen-bond donors (Lipinski definition) is 7. The fourth-order valence-corrected chi connectivity index (χ4v) is 7.54. The Morgan fingerprint density at radius 3 is 1.70 bits per heavy atom. The second-order valence-electron chi connectivity index (χ2n) is 15.8. The molecule has 9 atom stereocenters. The van der Waals surface area contributed by atoms with Crippen LogP contribution in [-0.4, -0.2) is 110 Å². The van der Waals surface area contributed by atoms with Gasteiger partial charge >= 0.3 is 19.8 Å². The zero-order valence-corrected chi connectivity index (χ0v) is 37.2. The second kappa shape index (κ2) is 35.3. The molecule has 0 bridgehead atoms. The summed E-state index contributed by atoms with van der Waals surface area (Å²) in [6.45, 7) is 3.09. The monoisotopic (exact) mass is 875 g/mol. The molecule has 0 radical (unpaired) electrons. The zero-order chi connectivity index (χ0) is 44.4. The first-order valence-electron chi connectivity index (χ1n) is 22.5. The molecule has 15 heteroatoms. The van der Waals surface area contributed by atoms with Crippen molar-refractivity contribution in [3.63, 3.8) is 0 Å². The van der Waals surface area contributed by atoms with E-state index in [1.807, 2.05) is 12.2 Å². The fourth-order valence-electron chi connectivity index (χ4n) is 6.57. The molecule has 0 aromatic heterocycles. The summed E-state index contributed by atoms with van der Waals surface area (Å²) in [5.41, 5.74) is 0. The molecule has 14 nitrogen and oxygen atoms in total. The Balaban J connectivity index is 2.56. The summed E-state index contributed by atoms with van der Waals surface area (Å²) in [6, 6.07) is 0. The van der Waals surface area contributed by atoms with Gasteiger partial charge in [0.15, 0.2) is 6.10 Å². The highest BCUT2D eigenvalue weighted by Crippen LogP contribution is 2.47. The lowest BCUT2D eigenvalue weighted by Gasteiger charge is -2.41. The van der Waals surface area contributed by atoms with Gasteiger partial charge in [-0.2, -0.15) is 0 Å². The summed E-state index contributed by atoms with van der Waals surface area (Å²) in [6.07, 6.45) is 23.3. The molecule has 1 saturated carbocycles. The predicted octanol–water partition coefficient (Wildman–Crippen LogP) is 7.36. The van der Waals surface area contributed by atoms with Crippen LogP contribution in [0.1, 0.15) is 162 Å². The minimum Gasteiger partial charge on any atom is -0.462 e. The van der Waals surface area contributed by atoms with Crippen LogP contribution in [0.2, 0.25) is 0 Å². The van der Waals surface area contributed by atoms with E-state index in [0.29, 0.717) is 12.8 Å². The molecule has 7 N–H and O–H groups in total. The lowest BCUT2D eigenvalue weighted by atomic mass is 9.85. The first kappa shape index (κ1) is 55.8. The molecule has 1 rings (SSSR count). The van der Waals surface area contributed by atoms with Gasteiger partial charge in [0.05, 0.1) is 12.7 Å². The summed E-state index contributed by atoms with van der Waals surface area (Å²) in [5, 5.41) is 60.4. The van der Waals surface area contributed by atoms with E-state index in [1.165, 1.54) is 70.6 Å². The standard InChI is InChI=1S/C45H79O14P/c1-3-5-7-9-11-13-15-17-19-21-23-25-27-30-36(46)31-29-33-38(47)56-34-37(35-57-60(54,55)59-45-43(52)41(50)40(49)42(51)44(45)53)58-39(48)32-28-26-24-22-20-18-16-14-12-10-8-6-4-2/h11,13,17,19,23,25,27,30,36-37,40-46,49-53H,3-10,12,14-16,18,20-22,24,26,28-29,31-35H2,1-2H3,(H,54,55)/b13-11-,19-17-,25-23-,30-27+/t36-,37-,40?,41-,42+,43-,44-,45?/m1/s1. The number of carbonyl (C=O) groups is 2. The smallest absolute Gasteiger partial charge is 0.462 e. The third-order valence-electron chi connectivity index (χ3n) is 10.3. The molecule has 0 heterocycles. The van der Waals surface area contributed by atoms with Gasteiger partial charge in [-0.25, -0.2) is 4.57 Å². The molecule has 3 unspecified atom stereocenters. The van der Waals surface area contributed by atoms with E-state index in [-0.39, 0.29) is 19.3 Å². The van der Waals surface area contributed by atoms with Crippen molar-refractivity contribution in [2.75, 3.05) is 13.2 Å². The summed E-state index contributed by atoms with van der Waals surface area (Å²) >= 11 is 0. The highest BCUT2D eigenvalue weighted by atomic mass is 31.2. The molecular formula is C45H79O14P. The topological polar surface area (TPSA) is 230 Å². The average molecular weight is 875 g/mol. The highest BCUT2D eigenvalue weighted by Gasteiger charge is 2.51. The van der Waals surface area contributed by atoms with E-state index >= 15 is 0 Å². The number of rotatable bonds is 36. The van der Waals surface area contributed by atoms with Gasteiger partial charge in [0, 0.05) is 12.8 Å². The molecule has 0 aromatic rings. The summed E-state index contributed by atoms with van der Waals surface area (Å²) in [5.74, 6) is -1.30.